The van der Waals surface area contributed by atoms with Crippen molar-refractivity contribution in [3.05, 3.63) is 64.7 Å². The van der Waals surface area contributed by atoms with Gasteiger partial charge in [0.15, 0.2) is 5.96 Å². The highest BCUT2D eigenvalue weighted by Gasteiger charge is 2.27. The largest absolute Gasteiger partial charge is 0.490 e. The van der Waals surface area contributed by atoms with Crippen molar-refractivity contribution in [1.82, 2.24) is 4.90 Å². The third kappa shape index (κ3) is 5.05. The molecule has 0 spiro atoms. The Morgan fingerprint density at radius 3 is 2.56 bits per heavy atom. The molecule has 1 fully saturated rings. The summed E-state index contributed by atoms with van der Waals surface area (Å²) in [7, 11) is 0. The zero-order valence-corrected chi connectivity index (χ0v) is 18.5. The molecule has 2 aromatic carbocycles. The number of hydrogen-bond donors (Lipinski definition) is 2. The molecule has 1 atom stereocenters. The molecule has 0 bridgehead atoms. The zero-order chi connectivity index (χ0) is 22.5. The van der Waals surface area contributed by atoms with E-state index >= 15 is 0 Å². The number of carbonyl (C=O) groups excluding carboxylic acids is 1. The van der Waals surface area contributed by atoms with Crippen LogP contribution in [0.4, 0.5) is 0 Å². The average Bonchev–Trinajstić information content (AvgIpc) is 2.81. The van der Waals surface area contributed by atoms with Crippen molar-refractivity contribution in [1.29, 1.82) is 5.41 Å². The van der Waals surface area contributed by atoms with Crippen LogP contribution in [0.25, 0.3) is 0 Å². The predicted molar refractivity (Wildman–Crippen MR) is 122 cm³/mol. The maximum absolute atomic E-state index is 13.0. The number of rotatable bonds is 6. The minimum atomic E-state index is -0.523. The maximum atomic E-state index is 13.0. The molecule has 32 heavy (non-hydrogen) atoms. The summed E-state index contributed by atoms with van der Waals surface area (Å²) in [6, 6.07) is 13.9. The van der Waals surface area contributed by atoms with E-state index in [0.717, 1.165) is 61.5 Å². The summed E-state index contributed by atoms with van der Waals surface area (Å²) < 4.78 is 16.9. The number of benzene rings is 2. The lowest BCUT2D eigenvalue weighted by atomic mass is 9.87. The molecule has 2 aliphatic rings. The lowest BCUT2D eigenvalue weighted by Gasteiger charge is -2.30. The van der Waals surface area contributed by atoms with Gasteiger partial charge in [0.05, 0.1) is 19.8 Å². The molecule has 4 rings (SSSR count). The third-order valence-corrected chi connectivity index (χ3v) is 6.12. The topological polar surface area (TPSA) is 97.9 Å². The van der Waals surface area contributed by atoms with Crippen molar-refractivity contribution in [2.75, 3.05) is 26.4 Å². The molecule has 7 nitrogen and oxygen atoms in total. The smallest absolute Gasteiger partial charge is 0.317 e. The Morgan fingerprint density at radius 1 is 1.16 bits per heavy atom. The first kappa shape index (κ1) is 22.1. The van der Waals surface area contributed by atoms with Crippen LogP contribution in [0.5, 0.6) is 5.75 Å². The van der Waals surface area contributed by atoms with Crippen molar-refractivity contribution in [3.8, 4) is 5.75 Å². The van der Waals surface area contributed by atoms with Gasteiger partial charge in [-0.15, -0.1) is 0 Å². The normalized spacial score (nSPS) is 17.3. The van der Waals surface area contributed by atoms with E-state index in [1.807, 2.05) is 42.2 Å². The second-order valence-corrected chi connectivity index (χ2v) is 8.27. The quantitative estimate of drug-likeness (QED) is 0.409. The van der Waals surface area contributed by atoms with Gasteiger partial charge in [0.1, 0.15) is 17.8 Å². The zero-order valence-electron chi connectivity index (χ0n) is 18.5. The number of nitrogens with one attached hydrogen (secondary N) is 1. The van der Waals surface area contributed by atoms with Gasteiger partial charge >= 0.3 is 5.97 Å². The molecular formula is C25H31N3O4. The maximum Gasteiger partial charge on any atom is 0.317 e. The van der Waals surface area contributed by atoms with Crippen molar-refractivity contribution in [3.63, 3.8) is 0 Å². The molecular weight excluding hydrogens is 406 g/mol. The van der Waals surface area contributed by atoms with Gasteiger partial charge in [-0.05, 0) is 47.7 Å². The fourth-order valence-corrected chi connectivity index (χ4v) is 4.38. The lowest BCUT2D eigenvalue weighted by Crippen LogP contribution is -2.40. The molecule has 3 N–H and O–H groups in total. The molecule has 1 unspecified atom stereocenters. The molecule has 7 heteroatoms. The fraction of sp³-hybridized carbons (Fsp3) is 0.440. The van der Waals surface area contributed by atoms with Crippen LogP contribution >= 0.6 is 0 Å². The number of carbonyl (C=O) groups is 1. The summed E-state index contributed by atoms with van der Waals surface area (Å²) in [4.78, 5) is 14.8. The minimum absolute atomic E-state index is 0.0723. The average molecular weight is 438 g/mol. The number of nitrogens with two attached hydrogens (primary N) is 1. The number of nitrogens with zero attached hydrogens (tertiary/aromatic N) is 1. The van der Waals surface area contributed by atoms with E-state index in [0.29, 0.717) is 13.2 Å². The molecule has 2 aromatic rings. The van der Waals surface area contributed by atoms with Gasteiger partial charge in [0.2, 0.25) is 0 Å². The molecule has 0 radical (unpaired) electrons. The SMILES string of the molecule is CCOC(=O)C(c1ccc(OC2CCOCC2)cc1)c1ccc2c(c1)CN(C(=N)N)CC2. The van der Waals surface area contributed by atoms with Gasteiger partial charge in [-0.25, -0.2) is 0 Å². The van der Waals surface area contributed by atoms with E-state index in [2.05, 4.69) is 12.1 Å². The first-order valence-corrected chi connectivity index (χ1v) is 11.3. The van der Waals surface area contributed by atoms with Crippen molar-refractivity contribution >= 4 is 11.9 Å². The van der Waals surface area contributed by atoms with Crippen LogP contribution in [0, 0.1) is 5.41 Å². The van der Waals surface area contributed by atoms with E-state index in [-0.39, 0.29) is 18.0 Å². The monoisotopic (exact) mass is 437 g/mol. The molecule has 2 heterocycles. The van der Waals surface area contributed by atoms with Crippen LogP contribution in [0.15, 0.2) is 42.5 Å². The van der Waals surface area contributed by atoms with E-state index in [9.17, 15) is 4.79 Å². The molecule has 0 aliphatic carbocycles. The van der Waals surface area contributed by atoms with Crippen LogP contribution in [0.2, 0.25) is 0 Å². The summed E-state index contributed by atoms with van der Waals surface area (Å²) in [6.45, 7) is 4.91. The first-order valence-electron chi connectivity index (χ1n) is 11.3. The minimum Gasteiger partial charge on any atom is -0.490 e. The molecule has 2 aliphatic heterocycles. The number of fused-ring (bicyclic) bond motifs is 1. The summed E-state index contributed by atoms with van der Waals surface area (Å²) in [5.74, 6) is 0.0729. The second kappa shape index (κ2) is 10.0. The van der Waals surface area contributed by atoms with E-state index in [1.54, 1.807) is 0 Å². The highest BCUT2D eigenvalue weighted by molar-refractivity contribution is 5.82. The van der Waals surface area contributed by atoms with Crippen LogP contribution in [0.1, 0.15) is 47.9 Å². The number of hydrogen-bond acceptors (Lipinski definition) is 5. The summed E-state index contributed by atoms with van der Waals surface area (Å²) in [5.41, 5.74) is 9.77. The van der Waals surface area contributed by atoms with Gasteiger partial charge in [-0.3, -0.25) is 10.2 Å². The van der Waals surface area contributed by atoms with Crippen LogP contribution in [-0.2, 0) is 27.2 Å². The Hall–Kier alpha value is -3.06. The Labute approximate surface area is 189 Å². The van der Waals surface area contributed by atoms with Crippen LogP contribution < -0.4 is 10.5 Å². The third-order valence-electron chi connectivity index (χ3n) is 6.12. The van der Waals surface area contributed by atoms with Crippen LogP contribution in [0.3, 0.4) is 0 Å². The number of esters is 1. The molecule has 1 saturated heterocycles. The lowest BCUT2D eigenvalue weighted by molar-refractivity contribution is -0.143. The second-order valence-electron chi connectivity index (χ2n) is 8.27. The van der Waals surface area contributed by atoms with Gasteiger partial charge in [-0.1, -0.05) is 30.3 Å². The molecule has 0 amide bonds. The van der Waals surface area contributed by atoms with Crippen molar-refractivity contribution in [2.24, 2.45) is 5.73 Å². The predicted octanol–water partition coefficient (Wildman–Crippen LogP) is 3.19. The van der Waals surface area contributed by atoms with Gasteiger partial charge < -0.3 is 24.8 Å². The number of ether oxygens (including phenoxy) is 3. The fourth-order valence-electron chi connectivity index (χ4n) is 4.38. The highest BCUT2D eigenvalue weighted by Crippen LogP contribution is 2.31. The van der Waals surface area contributed by atoms with E-state index < -0.39 is 5.92 Å². The Kier molecular flexibility index (Phi) is 6.95. The molecule has 0 aromatic heterocycles. The van der Waals surface area contributed by atoms with Crippen molar-refractivity contribution < 1.29 is 19.0 Å². The Balaban J connectivity index is 1.58. The number of guanidine groups is 1. The summed E-state index contributed by atoms with van der Waals surface area (Å²) in [6.07, 6.45) is 2.77. The summed E-state index contributed by atoms with van der Waals surface area (Å²) in [5, 5.41) is 7.75. The summed E-state index contributed by atoms with van der Waals surface area (Å²) >= 11 is 0. The Bertz CT molecular complexity index is 954. The first-order chi connectivity index (χ1) is 15.5. The van der Waals surface area contributed by atoms with E-state index in [1.165, 1.54) is 5.56 Å². The molecule has 170 valence electrons. The van der Waals surface area contributed by atoms with Gasteiger partial charge in [0.25, 0.3) is 0 Å². The Morgan fingerprint density at radius 2 is 1.88 bits per heavy atom. The van der Waals surface area contributed by atoms with Crippen LogP contribution in [-0.4, -0.2) is 49.3 Å². The van der Waals surface area contributed by atoms with Crippen molar-refractivity contribution in [2.45, 2.75) is 44.8 Å². The van der Waals surface area contributed by atoms with Gasteiger partial charge in [-0.2, -0.15) is 0 Å². The highest BCUT2D eigenvalue weighted by atomic mass is 16.5. The molecule has 0 saturated carbocycles. The van der Waals surface area contributed by atoms with Gasteiger partial charge in [0, 0.05) is 25.9 Å². The van der Waals surface area contributed by atoms with E-state index in [4.69, 9.17) is 25.4 Å². The standard InChI is InChI=1S/C25H31N3O4/c1-2-31-24(29)23(18-5-7-21(8-6-18)32-22-10-13-30-14-11-22)19-4-3-17-9-12-28(25(26)27)16-20(17)15-19/h3-8,15,22-23H,2,9-14,16H2,1H3,(H3,26,27).